The lowest BCUT2D eigenvalue weighted by Gasteiger charge is -2.23. The highest BCUT2D eigenvalue weighted by atomic mass is 79.9. The third-order valence-corrected chi connectivity index (χ3v) is 7.49. The van der Waals surface area contributed by atoms with Gasteiger partial charge in [-0.1, -0.05) is 45.5 Å². The maximum Gasteiger partial charge on any atom is 0.301 e. The zero-order valence-electron chi connectivity index (χ0n) is 19.2. The summed E-state index contributed by atoms with van der Waals surface area (Å²) in [6.07, 6.45) is 0. The Morgan fingerprint density at radius 2 is 1.83 bits per heavy atom. The molecular weight excluding hydrogens is 528 g/mol. The molecule has 1 fully saturated rings. The number of fused-ring (bicyclic) bond motifs is 1. The van der Waals surface area contributed by atoms with Crippen LogP contribution in [0.5, 0.6) is 5.75 Å². The van der Waals surface area contributed by atoms with Crippen molar-refractivity contribution in [1.29, 1.82) is 0 Å². The molecule has 176 valence electrons. The molecule has 1 N–H and O–H groups in total. The summed E-state index contributed by atoms with van der Waals surface area (Å²) in [7, 11) is 1.55. The summed E-state index contributed by atoms with van der Waals surface area (Å²) in [4.78, 5) is 32.9. The number of amides is 1. The Balaban J connectivity index is 1.73. The van der Waals surface area contributed by atoms with Gasteiger partial charge in [-0.2, -0.15) is 0 Å². The van der Waals surface area contributed by atoms with E-state index in [4.69, 9.17) is 9.72 Å². The molecule has 3 aromatic carbocycles. The lowest BCUT2D eigenvalue weighted by atomic mass is 9.95. The number of carbonyl (C=O) groups is 2. The number of aliphatic hydroxyl groups excluding tert-OH is 1. The minimum absolute atomic E-state index is 0.0189. The van der Waals surface area contributed by atoms with Gasteiger partial charge in [0.2, 0.25) is 0 Å². The molecule has 6 nitrogen and oxygen atoms in total. The summed E-state index contributed by atoms with van der Waals surface area (Å²) in [5.41, 5.74) is 4.00. The highest BCUT2D eigenvalue weighted by Crippen LogP contribution is 2.45. The molecule has 1 aliphatic rings. The predicted octanol–water partition coefficient (Wildman–Crippen LogP) is 6.31. The number of benzene rings is 3. The maximum atomic E-state index is 13.4. The van der Waals surface area contributed by atoms with Crippen LogP contribution in [0.2, 0.25) is 0 Å². The molecule has 1 aliphatic heterocycles. The second-order valence-electron chi connectivity index (χ2n) is 8.38. The Morgan fingerprint density at radius 1 is 1.09 bits per heavy atom. The van der Waals surface area contributed by atoms with E-state index in [0.717, 1.165) is 25.8 Å². The molecular formula is C27H21BrN2O4S. The van der Waals surface area contributed by atoms with E-state index in [2.05, 4.69) is 15.9 Å². The Kier molecular flexibility index (Phi) is 5.94. The number of methoxy groups -OCH3 is 1. The molecule has 0 radical (unpaired) electrons. The molecule has 0 saturated carbocycles. The zero-order valence-corrected chi connectivity index (χ0v) is 21.6. The van der Waals surface area contributed by atoms with E-state index < -0.39 is 17.7 Å². The second kappa shape index (κ2) is 8.94. The number of thiazole rings is 1. The number of carbonyl (C=O) groups excluding carboxylic acids is 2. The predicted molar refractivity (Wildman–Crippen MR) is 141 cm³/mol. The minimum atomic E-state index is -0.837. The molecule has 5 rings (SSSR count). The van der Waals surface area contributed by atoms with Crippen LogP contribution < -0.4 is 9.64 Å². The molecule has 0 aliphatic carbocycles. The van der Waals surface area contributed by atoms with Crippen LogP contribution in [0.3, 0.4) is 0 Å². The van der Waals surface area contributed by atoms with Crippen molar-refractivity contribution in [3.63, 3.8) is 0 Å². The van der Waals surface area contributed by atoms with Crippen molar-refractivity contribution in [1.82, 2.24) is 4.98 Å². The number of nitrogens with zero attached hydrogens (tertiary/aromatic N) is 2. The zero-order chi connectivity index (χ0) is 24.9. The van der Waals surface area contributed by atoms with Gasteiger partial charge < -0.3 is 9.84 Å². The number of rotatable bonds is 4. The van der Waals surface area contributed by atoms with Crippen LogP contribution in [0, 0.1) is 13.8 Å². The average Bonchev–Trinajstić information content (AvgIpc) is 3.37. The first-order valence-electron chi connectivity index (χ1n) is 10.9. The van der Waals surface area contributed by atoms with Crippen LogP contribution in [0.15, 0.2) is 70.7 Å². The summed E-state index contributed by atoms with van der Waals surface area (Å²) in [5.74, 6) is -1.11. The van der Waals surface area contributed by atoms with E-state index in [1.807, 2.05) is 50.2 Å². The van der Waals surface area contributed by atoms with Gasteiger partial charge in [-0.15, -0.1) is 0 Å². The molecule has 1 aromatic heterocycles. The Bertz CT molecular complexity index is 1520. The van der Waals surface area contributed by atoms with Crippen molar-refractivity contribution in [2.75, 3.05) is 12.0 Å². The first kappa shape index (κ1) is 23.3. The number of anilines is 1. The van der Waals surface area contributed by atoms with Gasteiger partial charge in [-0.25, -0.2) is 4.98 Å². The number of aryl methyl sites for hydroxylation is 2. The van der Waals surface area contributed by atoms with Gasteiger partial charge in [0.1, 0.15) is 11.5 Å². The number of aromatic nitrogens is 1. The number of ketones is 1. The van der Waals surface area contributed by atoms with E-state index >= 15 is 0 Å². The maximum absolute atomic E-state index is 13.4. The first-order valence-corrected chi connectivity index (χ1v) is 12.5. The standard InChI is InChI=1S/C27H21BrN2O4S/c1-14-11-15(2)22-20(12-14)35-27(29-22)30-23(17-5-4-6-18(28)13-17)21(25(32)26(30)33)24(31)16-7-9-19(34-3)10-8-16/h4-13,23,31H,1-3H3/b24-21+/t23-/m1/s1. The normalized spacial score (nSPS) is 17.4. The third kappa shape index (κ3) is 4.02. The van der Waals surface area contributed by atoms with Gasteiger partial charge in [0.15, 0.2) is 5.13 Å². The van der Waals surface area contributed by atoms with Crippen molar-refractivity contribution >= 4 is 60.1 Å². The fraction of sp³-hybridized carbons (Fsp3) is 0.148. The van der Waals surface area contributed by atoms with E-state index in [-0.39, 0.29) is 11.3 Å². The van der Waals surface area contributed by atoms with Crippen LogP contribution >= 0.6 is 27.3 Å². The van der Waals surface area contributed by atoms with Crippen molar-refractivity contribution < 1.29 is 19.4 Å². The Hall–Kier alpha value is -3.49. The number of hydrogen-bond acceptors (Lipinski definition) is 6. The SMILES string of the molecule is COc1ccc(/C(O)=C2\C(=O)C(=O)N(c3nc4c(C)cc(C)cc4s3)[C@@H]2c2cccc(Br)c2)cc1. The van der Waals surface area contributed by atoms with Crippen LogP contribution in [-0.2, 0) is 9.59 Å². The number of hydrogen-bond donors (Lipinski definition) is 1. The van der Waals surface area contributed by atoms with Gasteiger partial charge in [0.25, 0.3) is 5.78 Å². The van der Waals surface area contributed by atoms with E-state index in [0.29, 0.717) is 22.0 Å². The second-order valence-corrected chi connectivity index (χ2v) is 10.3. The summed E-state index contributed by atoms with van der Waals surface area (Å²) in [6, 6.07) is 17.3. The van der Waals surface area contributed by atoms with Crippen LogP contribution in [0.4, 0.5) is 5.13 Å². The smallest absolute Gasteiger partial charge is 0.301 e. The van der Waals surface area contributed by atoms with Gasteiger partial charge in [-0.3, -0.25) is 14.5 Å². The van der Waals surface area contributed by atoms with Crippen LogP contribution in [0.1, 0.15) is 28.3 Å². The molecule has 8 heteroatoms. The Morgan fingerprint density at radius 3 is 2.51 bits per heavy atom. The third-order valence-electron chi connectivity index (χ3n) is 6.00. The lowest BCUT2D eigenvalue weighted by Crippen LogP contribution is -2.29. The van der Waals surface area contributed by atoms with Crippen molar-refractivity contribution in [2.45, 2.75) is 19.9 Å². The summed E-state index contributed by atoms with van der Waals surface area (Å²) < 4.78 is 6.92. The lowest BCUT2D eigenvalue weighted by molar-refractivity contribution is -0.132. The summed E-state index contributed by atoms with van der Waals surface area (Å²) >= 11 is 4.84. The number of ether oxygens (including phenoxy) is 1. The van der Waals surface area contributed by atoms with Gasteiger partial charge in [0.05, 0.1) is 28.9 Å². The molecule has 1 amide bonds. The van der Waals surface area contributed by atoms with Crippen molar-refractivity contribution in [2.24, 2.45) is 0 Å². The number of Topliss-reactive ketones (excluding diaryl/α,β-unsaturated/α-hetero) is 1. The molecule has 1 atom stereocenters. The first-order chi connectivity index (χ1) is 16.8. The van der Waals surface area contributed by atoms with Crippen molar-refractivity contribution in [3.8, 4) is 5.75 Å². The van der Waals surface area contributed by atoms with Crippen molar-refractivity contribution in [3.05, 3.63) is 93.0 Å². The van der Waals surface area contributed by atoms with E-state index in [1.165, 1.54) is 16.2 Å². The fourth-order valence-corrected chi connectivity index (χ4v) is 5.97. The van der Waals surface area contributed by atoms with E-state index in [1.54, 1.807) is 31.4 Å². The minimum Gasteiger partial charge on any atom is -0.507 e. The summed E-state index contributed by atoms with van der Waals surface area (Å²) in [5, 5.41) is 11.7. The topological polar surface area (TPSA) is 79.7 Å². The highest BCUT2D eigenvalue weighted by Gasteiger charge is 2.48. The van der Waals surface area contributed by atoms with Crippen LogP contribution in [-0.4, -0.2) is 28.9 Å². The van der Waals surface area contributed by atoms with Gasteiger partial charge >= 0.3 is 5.91 Å². The van der Waals surface area contributed by atoms with Crippen LogP contribution in [0.25, 0.3) is 16.0 Å². The number of aliphatic hydroxyl groups is 1. The fourth-order valence-electron chi connectivity index (χ4n) is 4.39. The largest absolute Gasteiger partial charge is 0.507 e. The monoisotopic (exact) mass is 548 g/mol. The Labute approximate surface area is 214 Å². The molecule has 0 unspecified atom stereocenters. The molecule has 4 aromatic rings. The van der Waals surface area contributed by atoms with Gasteiger partial charge in [-0.05, 0) is 73.0 Å². The highest BCUT2D eigenvalue weighted by molar-refractivity contribution is 9.10. The number of halogens is 1. The molecule has 0 spiro atoms. The average molecular weight is 549 g/mol. The summed E-state index contributed by atoms with van der Waals surface area (Å²) in [6.45, 7) is 3.98. The van der Waals surface area contributed by atoms with Gasteiger partial charge in [0, 0.05) is 10.0 Å². The molecule has 1 saturated heterocycles. The van der Waals surface area contributed by atoms with E-state index in [9.17, 15) is 14.7 Å². The quantitative estimate of drug-likeness (QED) is 0.183. The molecule has 2 heterocycles. The molecule has 35 heavy (non-hydrogen) atoms. The molecule has 0 bridgehead atoms.